The second-order valence-corrected chi connectivity index (χ2v) is 10.2. The van der Waals surface area contributed by atoms with Crippen LogP contribution in [0.3, 0.4) is 0 Å². The Morgan fingerprint density at radius 3 is 2.47 bits per heavy atom. The van der Waals surface area contributed by atoms with Crippen molar-refractivity contribution >= 4 is 11.8 Å². The van der Waals surface area contributed by atoms with Crippen LogP contribution >= 0.6 is 0 Å². The van der Waals surface area contributed by atoms with Gasteiger partial charge < -0.3 is 25.2 Å². The van der Waals surface area contributed by atoms with Gasteiger partial charge in [-0.05, 0) is 37.8 Å². The Morgan fingerprint density at radius 2 is 1.74 bits per heavy atom. The van der Waals surface area contributed by atoms with Crippen molar-refractivity contribution in [3.05, 3.63) is 41.5 Å². The molecule has 34 heavy (non-hydrogen) atoms. The lowest BCUT2D eigenvalue weighted by molar-refractivity contribution is -0.145. The highest BCUT2D eigenvalue weighted by Gasteiger charge is 2.51. The number of hydrogen-bond donors (Lipinski definition) is 3. The highest BCUT2D eigenvalue weighted by atomic mass is 16.5. The third kappa shape index (κ3) is 4.24. The largest absolute Gasteiger partial charge is 0.486 e. The summed E-state index contributed by atoms with van der Waals surface area (Å²) < 4.78 is 6.22. The standard InChI is InChI=1S/C27H36N2O5/c30-15-14-28-26(32)20-16-21(24(31)25-23(20)19-12-6-7-13-22(19)34-25)29(18-10-2-1-3-11-18)27(33)17-8-4-5-9-17/h6-7,12-13,16-18,21,23-25,30-31H,1-5,8-11,14-15H2,(H,28,32). The first-order valence-electron chi connectivity index (χ1n) is 13.0. The summed E-state index contributed by atoms with van der Waals surface area (Å²) in [4.78, 5) is 29.0. The number of benzene rings is 1. The van der Waals surface area contributed by atoms with Crippen LogP contribution < -0.4 is 10.1 Å². The molecule has 0 spiro atoms. The molecule has 2 amide bonds. The molecule has 7 heteroatoms. The summed E-state index contributed by atoms with van der Waals surface area (Å²) in [7, 11) is 0. The highest BCUT2D eigenvalue weighted by Crippen LogP contribution is 2.48. The Balaban J connectivity index is 1.54. The summed E-state index contributed by atoms with van der Waals surface area (Å²) in [6, 6.07) is 7.04. The predicted octanol–water partition coefficient (Wildman–Crippen LogP) is 2.66. The topological polar surface area (TPSA) is 99.1 Å². The first-order chi connectivity index (χ1) is 16.6. The van der Waals surface area contributed by atoms with E-state index in [0.717, 1.165) is 56.9 Å². The summed E-state index contributed by atoms with van der Waals surface area (Å²) in [6.07, 6.45) is 9.35. The smallest absolute Gasteiger partial charge is 0.247 e. The lowest BCUT2D eigenvalue weighted by Crippen LogP contribution is -2.59. The van der Waals surface area contributed by atoms with Gasteiger partial charge in [0.25, 0.3) is 0 Å². The van der Waals surface area contributed by atoms with Gasteiger partial charge in [0.2, 0.25) is 11.8 Å². The number of para-hydroxylation sites is 1. The molecule has 184 valence electrons. The zero-order chi connectivity index (χ0) is 23.7. The Labute approximate surface area is 201 Å². The van der Waals surface area contributed by atoms with Crippen LogP contribution in [-0.2, 0) is 9.59 Å². The summed E-state index contributed by atoms with van der Waals surface area (Å²) in [5.41, 5.74) is 1.39. The number of carbonyl (C=O) groups is 2. The third-order valence-corrected chi connectivity index (χ3v) is 8.13. The normalized spacial score (nSPS) is 29.1. The lowest BCUT2D eigenvalue weighted by atomic mass is 9.76. The number of nitrogens with one attached hydrogen (secondary N) is 1. The monoisotopic (exact) mass is 468 g/mol. The molecule has 4 atom stereocenters. The molecule has 0 radical (unpaired) electrons. The van der Waals surface area contributed by atoms with Crippen LogP contribution in [0.5, 0.6) is 5.75 Å². The maximum Gasteiger partial charge on any atom is 0.247 e. The van der Waals surface area contributed by atoms with Gasteiger partial charge in [-0.2, -0.15) is 0 Å². The van der Waals surface area contributed by atoms with E-state index in [4.69, 9.17) is 4.74 Å². The molecule has 1 aromatic carbocycles. The average Bonchev–Trinajstić information content (AvgIpc) is 3.53. The molecule has 2 saturated carbocycles. The van der Waals surface area contributed by atoms with E-state index in [9.17, 15) is 19.8 Å². The van der Waals surface area contributed by atoms with Gasteiger partial charge in [0.15, 0.2) is 0 Å². The van der Waals surface area contributed by atoms with Crippen LogP contribution in [0.15, 0.2) is 35.9 Å². The lowest BCUT2D eigenvalue weighted by Gasteiger charge is -2.46. The van der Waals surface area contributed by atoms with Gasteiger partial charge in [-0.1, -0.05) is 50.3 Å². The Morgan fingerprint density at radius 1 is 1.03 bits per heavy atom. The van der Waals surface area contributed by atoms with Crippen molar-refractivity contribution in [1.82, 2.24) is 10.2 Å². The fourth-order valence-electron chi connectivity index (χ4n) is 6.47. The second kappa shape index (κ2) is 10.1. The predicted molar refractivity (Wildman–Crippen MR) is 127 cm³/mol. The number of hydrogen-bond acceptors (Lipinski definition) is 5. The van der Waals surface area contributed by atoms with Crippen LogP contribution in [0.25, 0.3) is 0 Å². The zero-order valence-corrected chi connectivity index (χ0v) is 19.7. The Hall–Kier alpha value is -2.38. The van der Waals surface area contributed by atoms with Gasteiger partial charge in [0.05, 0.1) is 18.6 Å². The van der Waals surface area contributed by atoms with Crippen molar-refractivity contribution < 1.29 is 24.5 Å². The van der Waals surface area contributed by atoms with Crippen LogP contribution in [-0.4, -0.2) is 64.4 Å². The van der Waals surface area contributed by atoms with Crippen molar-refractivity contribution in [2.75, 3.05) is 13.2 Å². The molecule has 3 aliphatic carbocycles. The summed E-state index contributed by atoms with van der Waals surface area (Å²) >= 11 is 0. The summed E-state index contributed by atoms with van der Waals surface area (Å²) in [5, 5.41) is 23.7. The van der Waals surface area contributed by atoms with Crippen molar-refractivity contribution in [3.8, 4) is 5.75 Å². The highest BCUT2D eigenvalue weighted by molar-refractivity contribution is 5.96. The Kier molecular flexibility index (Phi) is 6.93. The molecule has 3 N–H and O–H groups in total. The van der Waals surface area contributed by atoms with Crippen LogP contribution in [0.2, 0.25) is 0 Å². The molecule has 0 saturated heterocycles. The first-order valence-corrected chi connectivity index (χ1v) is 13.0. The van der Waals surface area contributed by atoms with E-state index >= 15 is 0 Å². The van der Waals surface area contributed by atoms with E-state index < -0.39 is 24.2 Å². The van der Waals surface area contributed by atoms with Crippen molar-refractivity contribution in [3.63, 3.8) is 0 Å². The number of ether oxygens (including phenoxy) is 1. The first kappa shape index (κ1) is 23.4. The van der Waals surface area contributed by atoms with Crippen molar-refractivity contribution in [2.24, 2.45) is 5.92 Å². The third-order valence-electron chi connectivity index (χ3n) is 8.13. The maximum absolute atomic E-state index is 13.9. The average molecular weight is 469 g/mol. The molecule has 0 aromatic heterocycles. The van der Waals surface area contributed by atoms with E-state index in [1.165, 1.54) is 6.42 Å². The molecule has 1 heterocycles. The van der Waals surface area contributed by atoms with E-state index in [0.29, 0.717) is 11.3 Å². The molecule has 4 unspecified atom stereocenters. The number of nitrogens with zero attached hydrogens (tertiary/aromatic N) is 1. The van der Waals surface area contributed by atoms with E-state index in [2.05, 4.69) is 5.32 Å². The number of aliphatic hydroxyl groups excluding tert-OH is 2. The molecular weight excluding hydrogens is 432 g/mol. The van der Waals surface area contributed by atoms with Gasteiger partial charge in [0, 0.05) is 29.6 Å². The van der Waals surface area contributed by atoms with Crippen LogP contribution in [0.1, 0.15) is 69.3 Å². The Bertz CT molecular complexity index is 935. The van der Waals surface area contributed by atoms with Gasteiger partial charge in [-0.15, -0.1) is 0 Å². The number of amides is 2. The number of carbonyl (C=O) groups excluding carboxylic acids is 2. The van der Waals surface area contributed by atoms with Gasteiger partial charge >= 0.3 is 0 Å². The fourth-order valence-corrected chi connectivity index (χ4v) is 6.47. The summed E-state index contributed by atoms with van der Waals surface area (Å²) in [5.74, 6) is 0.0980. The van der Waals surface area contributed by atoms with E-state index in [1.807, 2.05) is 35.2 Å². The minimum Gasteiger partial charge on any atom is -0.486 e. The molecule has 1 aliphatic heterocycles. The van der Waals surface area contributed by atoms with Crippen LogP contribution in [0.4, 0.5) is 0 Å². The number of aliphatic hydroxyl groups is 2. The van der Waals surface area contributed by atoms with Gasteiger partial charge in [-0.25, -0.2) is 0 Å². The fraction of sp³-hybridized carbons (Fsp3) is 0.630. The van der Waals surface area contributed by atoms with E-state index in [-0.39, 0.29) is 36.9 Å². The molecule has 0 bridgehead atoms. The minimum absolute atomic E-state index is 0.00592. The van der Waals surface area contributed by atoms with Crippen molar-refractivity contribution in [1.29, 1.82) is 0 Å². The molecule has 5 rings (SSSR count). The second-order valence-electron chi connectivity index (χ2n) is 10.2. The van der Waals surface area contributed by atoms with Gasteiger partial charge in [-0.3, -0.25) is 9.59 Å². The summed E-state index contributed by atoms with van der Waals surface area (Å²) in [6.45, 7) is -0.00273. The minimum atomic E-state index is -0.931. The van der Waals surface area contributed by atoms with Crippen molar-refractivity contribution in [2.45, 2.75) is 88.0 Å². The molecule has 4 aliphatic rings. The molecule has 1 aromatic rings. The number of rotatable bonds is 6. The maximum atomic E-state index is 13.9. The van der Waals surface area contributed by atoms with E-state index in [1.54, 1.807) is 0 Å². The molecular formula is C27H36N2O5. The molecule has 7 nitrogen and oxygen atoms in total. The number of fused-ring (bicyclic) bond motifs is 3. The quantitative estimate of drug-likeness (QED) is 0.596. The van der Waals surface area contributed by atoms with Crippen LogP contribution in [0, 0.1) is 5.92 Å². The molecule has 2 fully saturated rings. The van der Waals surface area contributed by atoms with Gasteiger partial charge in [0.1, 0.15) is 18.0 Å². The SMILES string of the molecule is O=C(NCCO)C1=CC(N(C(=O)C2CCCC2)C2CCCCC2)C(O)C2Oc3ccccc3C12. The zero-order valence-electron chi connectivity index (χ0n) is 19.7.